The van der Waals surface area contributed by atoms with E-state index in [-0.39, 0.29) is 18.3 Å². The van der Waals surface area contributed by atoms with Crippen molar-refractivity contribution < 1.29 is 9.50 Å². The molecule has 1 aromatic carbocycles. The molecule has 3 heteroatoms. The Hall–Kier alpha value is -0.410. The number of halogens is 2. The average molecular weight is 247 g/mol. The van der Waals surface area contributed by atoms with E-state index in [2.05, 4.69) is 15.9 Å². The molecule has 1 atom stereocenters. The fraction of sp³-hybridized carbons (Fsp3) is 0.400. The lowest BCUT2D eigenvalue weighted by Gasteiger charge is -2.13. The van der Waals surface area contributed by atoms with Crippen LogP contribution in [-0.4, -0.2) is 11.7 Å². The summed E-state index contributed by atoms with van der Waals surface area (Å²) in [5.74, 6) is -0.398. The second-order valence-corrected chi connectivity index (χ2v) is 4.03. The highest BCUT2D eigenvalue weighted by Gasteiger charge is 2.15. The van der Waals surface area contributed by atoms with Crippen molar-refractivity contribution in [1.29, 1.82) is 0 Å². The van der Waals surface area contributed by atoms with Gasteiger partial charge in [0.05, 0.1) is 0 Å². The van der Waals surface area contributed by atoms with E-state index in [9.17, 15) is 4.39 Å². The first-order chi connectivity index (χ1) is 6.07. The molecule has 0 amide bonds. The Morgan fingerprint density at radius 2 is 2.15 bits per heavy atom. The summed E-state index contributed by atoms with van der Waals surface area (Å²) in [6, 6.07) is 3.52. The minimum absolute atomic E-state index is 0.0427. The molecule has 1 unspecified atom stereocenters. The van der Waals surface area contributed by atoms with E-state index in [0.717, 1.165) is 4.47 Å². The van der Waals surface area contributed by atoms with Crippen LogP contribution in [-0.2, 0) is 0 Å². The Balaban J connectivity index is 3.25. The largest absolute Gasteiger partial charge is 0.396 e. The van der Waals surface area contributed by atoms with Crippen molar-refractivity contribution in [1.82, 2.24) is 0 Å². The first-order valence-electron chi connectivity index (χ1n) is 4.13. The Labute approximate surface area is 85.7 Å². The molecule has 0 aliphatic rings. The van der Waals surface area contributed by atoms with Gasteiger partial charge in [-0.05, 0) is 18.6 Å². The smallest absolute Gasteiger partial charge is 0.130 e. The number of benzene rings is 1. The summed E-state index contributed by atoms with van der Waals surface area (Å²) >= 11 is 3.27. The van der Waals surface area contributed by atoms with Crippen molar-refractivity contribution in [3.63, 3.8) is 0 Å². The molecule has 0 radical (unpaired) electrons. The molecule has 0 aliphatic carbocycles. The molecular formula is C10H12BrFO. The van der Waals surface area contributed by atoms with Gasteiger partial charge in [0, 0.05) is 22.6 Å². The van der Waals surface area contributed by atoms with Crippen molar-refractivity contribution >= 4 is 15.9 Å². The van der Waals surface area contributed by atoms with E-state index in [4.69, 9.17) is 5.11 Å². The number of aliphatic hydroxyl groups is 1. The summed E-state index contributed by atoms with van der Waals surface area (Å²) in [6.07, 6.45) is 0. The van der Waals surface area contributed by atoms with Gasteiger partial charge in [-0.25, -0.2) is 4.39 Å². The maximum absolute atomic E-state index is 13.6. The predicted octanol–water partition coefficient (Wildman–Crippen LogP) is 2.99. The molecular weight excluding hydrogens is 235 g/mol. The van der Waals surface area contributed by atoms with E-state index < -0.39 is 0 Å². The first-order valence-corrected chi connectivity index (χ1v) is 4.92. The molecule has 0 heterocycles. The summed E-state index contributed by atoms with van der Waals surface area (Å²) in [4.78, 5) is 0. The molecule has 1 rings (SSSR count). The van der Waals surface area contributed by atoms with Crippen LogP contribution in [0.15, 0.2) is 16.6 Å². The van der Waals surface area contributed by atoms with Gasteiger partial charge in [-0.3, -0.25) is 0 Å². The Kier molecular flexibility index (Phi) is 3.45. The van der Waals surface area contributed by atoms with Crippen LogP contribution in [0.2, 0.25) is 0 Å². The zero-order valence-electron chi connectivity index (χ0n) is 7.64. The number of aliphatic hydroxyl groups excluding tert-OH is 1. The van der Waals surface area contributed by atoms with Crippen molar-refractivity contribution in [2.45, 2.75) is 19.8 Å². The Morgan fingerprint density at radius 1 is 1.54 bits per heavy atom. The van der Waals surface area contributed by atoms with Crippen molar-refractivity contribution in [3.05, 3.63) is 33.5 Å². The normalized spacial score (nSPS) is 13.0. The molecule has 0 bridgehead atoms. The maximum atomic E-state index is 13.6. The molecule has 0 fully saturated rings. The number of hydrogen-bond donors (Lipinski definition) is 1. The summed E-state index contributed by atoms with van der Waals surface area (Å²) in [5, 5.41) is 8.94. The van der Waals surface area contributed by atoms with Gasteiger partial charge in [0.2, 0.25) is 0 Å². The molecule has 0 saturated carbocycles. The van der Waals surface area contributed by atoms with Gasteiger partial charge >= 0.3 is 0 Å². The van der Waals surface area contributed by atoms with E-state index in [1.54, 1.807) is 26.0 Å². The highest BCUT2D eigenvalue weighted by atomic mass is 79.9. The third kappa shape index (κ3) is 2.09. The zero-order valence-corrected chi connectivity index (χ0v) is 9.23. The number of hydrogen-bond acceptors (Lipinski definition) is 1. The highest BCUT2D eigenvalue weighted by molar-refractivity contribution is 9.10. The average Bonchev–Trinajstić information content (AvgIpc) is 2.12. The summed E-state index contributed by atoms with van der Waals surface area (Å²) in [7, 11) is 0. The monoisotopic (exact) mass is 246 g/mol. The quantitative estimate of drug-likeness (QED) is 0.851. The van der Waals surface area contributed by atoms with Crippen LogP contribution in [0.1, 0.15) is 24.0 Å². The number of rotatable bonds is 2. The third-order valence-corrected chi connectivity index (χ3v) is 2.78. The summed E-state index contributed by atoms with van der Waals surface area (Å²) < 4.78 is 14.3. The van der Waals surface area contributed by atoms with Gasteiger partial charge in [0.25, 0.3) is 0 Å². The maximum Gasteiger partial charge on any atom is 0.130 e. The van der Waals surface area contributed by atoms with Crippen LogP contribution in [0.3, 0.4) is 0 Å². The Morgan fingerprint density at radius 3 is 2.69 bits per heavy atom. The summed E-state index contributed by atoms with van der Waals surface area (Å²) in [6.45, 7) is 3.47. The van der Waals surface area contributed by atoms with E-state index in [1.165, 1.54) is 0 Å². The van der Waals surface area contributed by atoms with Crippen LogP contribution in [0.5, 0.6) is 0 Å². The minimum atomic E-state index is -0.226. The van der Waals surface area contributed by atoms with Crippen LogP contribution >= 0.6 is 15.9 Å². The van der Waals surface area contributed by atoms with Crippen molar-refractivity contribution in [2.75, 3.05) is 6.61 Å². The second-order valence-electron chi connectivity index (χ2n) is 3.18. The van der Waals surface area contributed by atoms with Gasteiger partial charge in [-0.1, -0.05) is 28.9 Å². The molecule has 1 N–H and O–H groups in total. The molecule has 0 spiro atoms. The molecule has 72 valence electrons. The van der Waals surface area contributed by atoms with Crippen LogP contribution in [0.4, 0.5) is 4.39 Å². The fourth-order valence-corrected chi connectivity index (χ4v) is 1.92. The van der Waals surface area contributed by atoms with Crippen molar-refractivity contribution in [2.24, 2.45) is 0 Å². The highest BCUT2D eigenvalue weighted by Crippen LogP contribution is 2.28. The van der Waals surface area contributed by atoms with E-state index in [0.29, 0.717) is 11.1 Å². The van der Waals surface area contributed by atoms with Gasteiger partial charge in [0.15, 0.2) is 0 Å². The Bertz CT molecular complexity index is 312. The predicted molar refractivity (Wildman–Crippen MR) is 54.3 cm³/mol. The van der Waals surface area contributed by atoms with E-state index in [1.807, 2.05) is 0 Å². The second kappa shape index (κ2) is 4.20. The van der Waals surface area contributed by atoms with Crippen LogP contribution < -0.4 is 0 Å². The fourth-order valence-electron chi connectivity index (χ4n) is 1.22. The van der Waals surface area contributed by atoms with Gasteiger partial charge in [-0.15, -0.1) is 0 Å². The van der Waals surface area contributed by atoms with Crippen molar-refractivity contribution in [3.8, 4) is 0 Å². The van der Waals surface area contributed by atoms with Gasteiger partial charge in [0.1, 0.15) is 5.82 Å². The number of aryl methyl sites for hydroxylation is 1. The first kappa shape index (κ1) is 10.7. The molecule has 13 heavy (non-hydrogen) atoms. The zero-order chi connectivity index (χ0) is 10.0. The third-order valence-electron chi connectivity index (χ3n) is 2.09. The lowest BCUT2D eigenvalue weighted by atomic mass is 9.99. The van der Waals surface area contributed by atoms with Gasteiger partial charge in [-0.2, -0.15) is 0 Å². The minimum Gasteiger partial charge on any atom is -0.396 e. The summed E-state index contributed by atoms with van der Waals surface area (Å²) in [5.41, 5.74) is 1.17. The lowest BCUT2D eigenvalue weighted by molar-refractivity contribution is 0.270. The molecule has 0 aromatic heterocycles. The van der Waals surface area contributed by atoms with Gasteiger partial charge < -0.3 is 5.11 Å². The SMILES string of the molecule is Cc1ccc(Br)c(C(C)CO)c1F. The topological polar surface area (TPSA) is 20.2 Å². The van der Waals surface area contributed by atoms with Crippen LogP contribution in [0, 0.1) is 12.7 Å². The lowest BCUT2D eigenvalue weighted by Crippen LogP contribution is -2.04. The molecule has 1 nitrogen and oxygen atoms in total. The molecule has 0 saturated heterocycles. The van der Waals surface area contributed by atoms with E-state index >= 15 is 0 Å². The molecule has 1 aromatic rings. The van der Waals surface area contributed by atoms with Crippen LogP contribution in [0.25, 0.3) is 0 Å². The standard InChI is InChI=1S/C10H12BrFO/c1-6-3-4-8(11)9(10(6)12)7(2)5-13/h3-4,7,13H,5H2,1-2H3. The molecule has 0 aliphatic heterocycles.